The monoisotopic (exact) mass is 184 g/mol. The lowest BCUT2D eigenvalue weighted by molar-refractivity contribution is 0.328. The van der Waals surface area contributed by atoms with Gasteiger partial charge in [-0.25, -0.2) is 4.98 Å². The van der Waals surface area contributed by atoms with Crippen LogP contribution in [0.15, 0.2) is 12.4 Å². The number of nitrogens with zero attached hydrogens (tertiary/aromatic N) is 2. The molecule has 0 amide bonds. The van der Waals surface area contributed by atoms with Crippen molar-refractivity contribution in [1.82, 2.24) is 9.55 Å². The van der Waals surface area contributed by atoms with Crippen LogP contribution < -0.4 is 0 Å². The number of aryl methyl sites for hydroxylation is 1. The summed E-state index contributed by atoms with van der Waals surface area (Å²) in [6, 6.07) is 0. The van der Waals surface area contributed by atoms with Crippen molar-refractivity contribution in [3.63, 3.8) is 0 Å². The van der Waals surface area contributed by atoms with Gasteiger partial charge in [0.15, 0.2) is 5.05 Å². The Morgan fingerprint density at radius 1 is 1.75 bits per heavy atom. The maximum absolute atomic E-state index is 5.15. The van der Waals surface area contributed by atoms with Crippen molar-refractivity contribution >= 4 is 17.3 Å². The molecule has 0 spiro atoms. The second-order valence-corrected chi connectivity index (χ2v) is 2.89. The second kappa shape index (κ2) is 4.21. The van der Waals surface area contributed by atoms with Gasteiger partial charge in [0, 0.05) is 19.4 Å². The first-order valence-electron chi connectivity index (χ1n) is 3.86. The van der Waals surface area contributed by atoms with Crippen molar-refractivity contribution < 1.29 is 4.74 Å². The molecule has 4 heteroatoms. The minimum absolute atomic E-state index is 0.604. The molecule has 0 radical (unpaired) electrons. The zero-order valence-electron chi connectivity index (χ0n) is 7.28. The Bertz CT molecular complexity index is 270. The minimum Gasteiger partial charge on any atom is -0.487 e. The van der Waals surface area contributed by atoms with Crippen molar-refractivity contribution in [3.8, 4) is 0 Å². The highest BCUT2D eigenvalue weighted by atomic mass is 32.1. The van der Waals surface area contributed by atoms with Crippen LogP contribution in [-0.2, 0) is 18.2 Å². The lowest BCUT2D eigenvalue weighted by atomic mass is 10.4. The SMILES string of the molecule is CCOC(=S)Cc1nccn1C. The normalized spacial score (nSPS) is 9.83. The first-order chi connectivity index (χ1) is 5.74. The third kappa shape index (κ3) is 2.30. The molecule has 1 aromatic rings. The average Bonchev–Trinajstić information content (AvgIpc) is 2.37. The average molecular weight is 184 g/mol. The fourth-order valence-electron chi connectivity index (χ4n) is 0.908. The molecular formula is C8H12N2OS. The molecule has 0 aliphatic carbocycles. The zero-order chi connectivity index (χ0) is 8.97. The first-order valence-corrected chi connectivity index (χ1v) is 4.26. The van der Waals surface area contributed by atoms with E-state index in [0.717, 1.165) is 5.82 Å². The van der Waals surface area contributed by atoms with Gasteiger partial charge in [0.05, 0.1) is 13.0 Å². The van der Waals surface area contributed by atoms with Crippen molar-refractivity contribution in [2.75, 3.05) is 6.61 Å². The van der Waals surface area contributed by atoms with E-state index >= 15 is 0 Å². The van der Waals surface area contributed by atoms with Crippen LogP contribution >= 0.6 is 12.2 Å². The number of rotatable bonds is 3. The predicted molar refractivity (Wildman–Crippen MR) is 51.1 cm³/mol. The van der Waals surface area contributed by atoms with E-state index in [2.05, 4.69) is 4.98 Å². The molecule has 12 heavy (non-hydrogen) atoms. The Morgan fingerprint density at radius 3 is 3.00 bits per heavy atom. The molecule has 1 aromatic heterocycles. The molecule has 0 aromatic carbocycles. The second-order valence-electron chi connectivity index (χ2n) is 2.44. The number of hydrogen-bond acceptors (Lipinski definition) is 3. The fourth-order valence-corrected chi connectivity index (χ4v) is 1.15. The van der Waals surface area contributed by atoms with E-state index in [9.17, 15) is 0 Å². The summed E-state index contributed by atoms with van der Waals surface area (Å²) in [6.07, 6.45) is 4.26. The molecule has 0 unspecified atom stereocenters. The van der Waals surface area contributed by atoms with Crippen LogP contribution in [0.2, 0.25) is 0 Å². The van der Waals surface area contributed by atoms with E-state index in [4.69, 9.17) is 17.0 Å². The van der Waals surface area contributed by atoms with Gasteiger partial charge in [0.1, 0.15) is 5.82 Å². The van der Waals surface area contributed by atoms with Crippen LogP contribution in [0.3, 0.4) is 0 Å². The third-order valence-corrected chi connectivity index (χ3v) is 1.79. The van der Waals surface area contributed by atoms with E-state index < -0.39 is 0 Å². The maximum atomic E-state index is 5.15. The summed E-state index contributed by atoms with van der Waals surface area (Å²) >= 11 is 4.99. The predicted octanol–water partition coefficient (Wildman–Crippen LogP) is 1.33. The molecule has 0 saturated carbocycles. The van der Waals surface area contributed by atoms with E-state index in [0.29, 0.717) is 18.1 Å². The summed E-state index contributed by atoms with van der Waals surface area (Å²) in [5.41, 5.74) is 0. The molecule has 0 N–H and O–H groups in total. The molecule has 1 heterocycles. The van der Waals surface area contributed by atoms with Crippen LogP contribution in [0.5, 0.6) is 0 Å². The van der Waals surface area contributed by atoms with E-state index in [1.54, 1.807) is 6.20 Å². The molecule has 0 fully saturated rings. The van der Waals surface area contributed by atoms with Gasteiger partial charge >= 0.3 is 0 Å². The van der Waals surface area contributed by atoms with Gasteiger partial charge in [-0.2, -0.15) is 0 Å². The summed E-state index contributed by atoms with van der Waals surface area (Å²) in [6.45, 7) is 2.55. The molecule has 66 valence electrons. The van der Waals surface area contributed by atoms with Gasteiger partial charge in [0.25, 0.3) is 0 Å². The van der Waals surface area contributed by atoms with Gasteiger partial charge in [-0.05, 0) is 19.1 Å². The molecule has 0 atom stereocenters. The lowest BCUT2D eigenvalue weighted by Gasteiger charge is -2.04. The molecule has 0 saturated heterocycles. The number of thiocarbonyl (C=S) groups is 1. The quantitative estimate of drug-likeness (QED) is 0.663. The van der Waals surface area contributed by atoms with Crippen molar-refractivity contribution in [2.24, 2.45) is 7.05 Å². The number of ether oxygens (including phenoxy) is 1. The van der Waals surface area contributed by atoms with Crippen molar-refractivity contribution in [2.45, 2.75) is 13.3 Å². The summed E-state index contributed by atoms with van der Waals surface area (Å²) in [7, 11) is 1.94. The Balaban J connectivity index is 2.52. The van der Waals surface area contributed by atoms with Crippen LogP contribution in [0.4, 0.5) is 0 Å². The molecule has 0 bridgehead atoms. The van der Waals surface area contributed by atoms with Crippen molar-refractivity contribution in [3.05, 3.63) is 18.2 Å². The highest BCUT2D eigenvalue weighted by Crippen LogP contribution is 1.98. The molecule has 0 aliphatic heterocycles. The first kappa shape index (κ1) is 9.19. The van der Waals surface area contributed by atoms with Gasteiger partial charge in [-0.3, -0.25) is 0 Å². The van der Waals surface area contributed by atoms with E-state index in [-0.39, 0.29) is 0 Å². The smallest absolute Gasteiger partial charge is 0.167 e. The summed E-state index contributed by atoms with van der Waals surface area (Å²) in [5, 5.41) is 0.604. The molecule has 3 nitrogen and oxygen atoms in total. The number of imidazole rings is 1. The topological polar surface area (TPSA) is 27.1 Å². The van der Waals surface area contributed by atoms with Gasteiger partial charge in [-0.1, -0.05) is 0 Å². The largest absolute Gasteiger partial charge is 0.487 e. The zero-order valence-corrected chi connectivity index (χ0v) is 8.10. The third-order valence-electron chi connectivity index (χ3n) is 1.53. The molecule has 0 aliphatic rings. The summed E-state index contributed by atoms with van der Waals surface area (Å²) in [4.78, 5) is 4.13. The Morgan fingerprint density at radius 2 is 2.50 bits per heavy atom. The van der Waals surface area contributed by atoms with Crippen LogP contribution in [0, 0.1) is 0 Å². The van der Waals surface area contributed by atoms with Crippen LogP contribution in [-0.4, -0.2) is 21.2 Å². The number of hydrogen-bond donors (Lipinski definition) is 0. The van der Waals surface area contributed by atoms with Crippen LogP contribution in [0.25, 0.3) is 0 Å². The summed E-state index contributed by atoms with van der Waals surface area (Å²) in [5.74, 6) is 0.938. The summed E-state index contributed by atoms with van der Waals surface area (Å²) < 4.78 is 7.08. The molecular weight excluding hydrogens is 172 g/mol. The van der Waals surface area contributed by atoms with E-state index in [1.165, 1.54) is 0 Å². The minimum atomic E-state index is 0.604. The Kier molecular flexibility index (Phi) is 3.22. The lowest BCUT2D eigenvalue weighted by Crippen LogP contribution is -2.09. The standard InChI is InChI=1S/C8H12N2OS/c1-3-11-8(12)6-7-9-4-5-10(7)2/h4-5H,3,6H2,1-2H3. The van der Waals surface area contributed by atoms with Crippen LogP contribution in [0.1, 0.15) is 12.7 Å². The van der Waals surface area contributed by atoms with Crippen molar-refractivity contribution in [1.29, 1.82) is 0 Å². The fraction of sp³-hybridized carbons (Fsp3) is 0.500. The maximum Gasteiger partial charge on any atom is 0.167 e. The number of aromatic nitrogens is 2. The highest BCUT2D eigenvalue weighted by Gasteiger charge is 2.03. The van der Waals surface area contributed by atoms with Gasteiger partial charge in [-0.15, -0.1) is 0 Å². The highest BCUT2D eigenvalue weighted by molar-refractivity contribution is 7.80. The Labute approximate surface area is 77.4 Å². The van der Waals surface area contributed by atoms with E-state index in [1.807, 2.05) is 24.7 Å². The molecule has 1 rings (SSSR count). The Hall–Kier alpha value is -0.900. The van der Waals surface area contributed by atoms with Gasteiger partial charge < -0.3 is 9.30 Å². The van der Waals surface area contributed by atoms with Gasteiger partial charge in [0.2, 0.25) is 0 Å².